The van der Waals surface area contributed by atoms with Gasteiger partial charge in [-0.2, -0.15) is 0 Å². The highest BCUT2D eigenvalue weighted by Gasteiger charge is 2.42. The Morgan fingerprint density at radius 2 is 1.68 bits per heavy atom. The summed E-state index contributed by atoms with van der Waals surface area (Å²) in [6, 6.07) is -0.692. The zero-order valence-electron chi connectivity index (χ0n) is 13.1. The van der Waals surface area contributed by atoms with Crippen LogP contribution in [0.25, 0.3) is 0 Å². The molecule has 3 atom stereocenters. The molecule has 0 radical (unpaired) electrons. The smallest absolute Gasteiger partial charge is 0.246 e. The van der Waals surface area contributed by atoms with E-state index in [1.165, 1.54) is 0 Å². The Morgan fingerprint density at radius 1 is 1.11 bits per heavy atom. The molecular formula is C15H28N2O2. The summed E-state index contributed by atoms with van der Waals surface area (Å²) < 4.78 is 0. The molecule has 0 bridgehead atoms. The number of nitrogens with zero attached hydrogens (tertiary/aromatic N) is 1. The van der Waals surface area contributed by atoms with Crippen LogP contribution in [0.5, 0.6) is 0 Å². The van der Waals surface area contributed by atoms with E-state index in [9.17, 15) is 9.59 Å². The van der Waals surface area contributed by atoms with E-state index >= 15 is 0 Å². The highest BCUT2D eigenvalue weighted by molar-refractivity contribution is 5.97. The highest BCUT2D eigenvalue weighted by atomic mass is 16.2. The molecule has 1 heterocycles. The van der Waals surface area contributed by atoms with Gasteiger partial charge in [-0.15, -0.1) is 0 Å². The molecule has 1 saturated heterocycles. The zero-order valence-corrected chi connectivity index (χ0v) is 13.1. The standard InChI is InChI=1S/C15H28N2O2/c1-7-11(6)8-17-13(10(4)5)14(18)16-12(9(2)3)15(17)19/h9-13H,7-8H2,1-6H3,(H,16,18). The van der Waals surface area contributed by atoms with Crippen molar-refractivity contribution in [1.29, 1.82) is 0 Å². The van der Waals surface area contributed by atoms with Crippen molar-refractivity contribution in [3.8, 4) is 0 Å². The Bertz CT molecular complexity index is 339. The molecule has 4 nitrogen and oxygen atoms in total. The monoisotopic (exact) mass is 268 g/mol. The van der Waals surface area contributed by atoms with E-state index in [1.807, 2.05) is 32.6 Å². The number of hydrogen-bond acceptors (Lipinski definition) is 2. The summed E-state index contributed by atoms with van der Waals surface area (Å²) >= 11 is 0. The molecule has 4 heteroatoms. The Balaban J connectivity index is 2.99. The first kappa shape index (κ1) is 16.0. The molecule has 2 amide bonds. The van der Waals surface area contributed by atoms with Crippen LogP contribution in [0, 0.1) is 17.8 Å². The predicted molar refractivity (Wildman–Crippen MR) is 76.6 cm³/mol. The van der Waals surface area contributed by atoms with Crippen molar-refractivity contribution >= 4 is 11.8 Å². The van der Waals surface area contributed by atoms with E-state index in [0.29, 0.717) is 12.5 Å². The second-order valence-corrected chi connectivity index (χ2v) is 6.42. The van der Waals surface area contributed by atoms with Gasteiger partial charge in [0, 0.05) is 6.54 Å². The van der Waals surface area contributed by atoms with E-state index in [2.05, 4.69) is 19.2 Å². The van der Waals surface area contributed by atoms with E-state index in [1.54, 1.807) is 0 Å². The zero-order chi connectivity index (χ0) is 14.7. The topological polar surface area (TPSA) is 49.4 Å². The number of amides is 2. The lowest BCUT2D eigenvalue weighted by Gasteiger charge is -2.43. The molecule has 1 aliphatic heterocycles. The van der Waals surface area contributed by atoms with Crippen molar-refractivity contribution in [2.24, 2.45) is 17.8 Å². The van der Waals surface area contributed by atoms with Gasteiger partial charge in [0.2, 0.25) is 11.8 Å². The Kier molecular flexibility index (Phi) is 5.39. The van der Waals surface area contributed by atoms with Gasteiger partial charge in [0.25, 0.3) is 0 Å². The van der Waals surface area contributed by atoms with Gasteiger partial charge in [0.15, 0.2) is 0 Å². The first-order chi connectivity index (χ1) is 8.79. The Labute approximate surface area is 116 Å². The average molecular weight is 268 g/mol. The Hall–Kier alpha value is -1.06. The predicted octanol–water partition coefficient (Wildman–Crippen LogP) is 2.04. The van der Waals surface area contributed by atoms with Gasteiger partial charge in [-0.1, -0.05) is 48.0 Å². The number of nitrogens with one attached hydrogen (secondary N) is 1. The fourth-order valence-corrected chi connectivity index (χ4v) is 2.54. The second kappa shape index (κ2) is 6.40. The summed E-state index contributed by atoms with van der Waals surface area (Å²) in [6.45, 7) is 12.9. The first-order valence-electron chi connectivity index (χ1n) is 7.40. The van der Waals surface area contributed by atoms with Crippen molar-refractivity contribution in [1.82, 2.24) is 10.2 Å². The van der Waals surface area contributed by atoms with Gasteiger partial charge in [-0.3, -0.25) is 9.59 Å². The van der Waals surface area contributed by atoms with Crippen LogP contribution in [0.4, 0.5) is 0 Å². The van der Waals surface area contributed by atoms with E-state index < -0.39 is 0 Å². The number of rotatable bonds is 5. The number of carbonyl (C=O) groups is 2. The molecule has 0 aromatic carbocycles. The number of hydrogen-bond donors (Lipinski definition) is 1. The van der Waals surface area contributed by atoms with Gasteiger partial charge in [-0.05, 0) is 17.8 Å². The highest BCUT2D eigenvalue weighted by Crippen LogP contribution is 2.22. The molecule has 0 aliphatic carbocycles. The van der Waals surface area contributed by atoms with Crippen molar-refractivity contribution in [2.45, 2.75) is 60.0 Å². The molecule has 0 aromatic rings. The summed E-state index contributed by atoms with van der Waals surface area (Å²) in [7, 11) is 0. The third kappa shape index (κ3) is 3.48. The Morgan fingerprint density at radius 3 is 2.11 bits per heavy atom. The van der Waals surface area contributed by atoms with Crippen LogP contribution >= 0.6 is 0 Å². The van der Waals surface area contributed by atoms with Gasteiger partial charge in [-0.25, -0.2) is 0 Å². The third-order valence-electron chi connectivity index (χ3n) is 3.95. The summed E-state index contributed by atoms with van der Waals surface area (Å²) in [4.78, 5) is 26.7. The van der Waals surface area contributed by atoms with Crippen LogP contribution in [0.15, 0.2) is 0 Å². The van der Waals surface area contributed by atoms with Crippen LogP contribution in [-0.4, -0.2) is 35.3 Å². The summed E-state index contributed by atoms with van der Waals surface area (Å²) in [5.41, 5.74) is 0. The van der Waals surface area contributed by atoms with Gasteiger partial charge in [0.05, 0.1) is 0 Å². The molecule has 0 saturated carbocycles. The molecule has 0 aromatic heterocycles. The van der Waals surface area contributed by atoms with Crippen molar-refractivity contribution in [3.05, 3.63) is 0 Å². The minimum absolute atomic E-state index is 0.00315. The van der Waals surface area contributed by atoms with E-state index in [4.69, 9.17) is 0 Å². The molecule has 110 valence electrons. The van der Waals surface area contributed by atoms with Gasteiger partial charge >= 0.3 is 0 Å². The van der Waals surface area contributed by atoms with Crippen LogP contribution in [0.3, 0.4) is 0 Å². The molecule has 1 rings (SSSR count). The molecule has 1 fully saturated rings. The summed E-state index contributed by atoms with van der Waals surface area (Å²) in [5, 5.41) is 2.89. The van der Waals surface area contributed by atoms with Crippen molar-refractivity contribution in [3.63, 3.8) is 0 Å². The summed E-state index contributed by atoms with van der Waals surface area (Å²) in [6.07, 6.45) is 1.02. The fraction of sp³-hybridized carbons (Fsp3) is 0.867. The fourth-order valence-electron chi connectivity index (χ4n) is 2.54. The molecule has 19 heavy (non-hydrogen) atoms. The lowest BCUT2D eigenvalue weighted by atomic mass is 9.91. The van der Waals surface area contributed by atoms with Gasteiger partial charge < -0.3 is 10.2 Å². The largest absolute Gasteiger partial charge is 0.342 e. The lowest BCUT2D eigenvalue weighted by Crippen LogP contribution is -2.66. The number of piperazine rings is 1. The minimum atomic E-state index is -0.369. The van der Waals surface area contributed by atoms with Crippen molar-refractivity contribution in [2.75, 3.05) is 6.54 Å². The van der Waals surface area contributed by atoms with Crippen LogP contribution in [0.1, 0.15) is 48.0 Å². The quantitative estimate of drug-likeness (QED) is 0.829. The minimum Gasteiger partial charge on any atom is -0.342 e. The average Bonchev–Trinajstić information content (AvgIpc) is 2.32. The maximum Gasteiger partial charge on any atom is 0.246 e. The summed E-state index contributed by atoms with van der Waals surface area (Å²) in [5.74, 6) is 0.763. The molecule has 3 unspecified atom stereocenters. The van der Waals surface area contributed by atoms with Crippen molar-refractivity contribution < 1.29 is 9.59 Å². The normalized spacial score (nSPS) is 26.0. The maximum atomic E-state index is 12.6. The van der Waals surface area contributed by atoms with Gasteiger partial charge in [0.1, 0.15) is 12.1 Å². The molecule has 1 aliphatic rings. The first-order valence-corrected chi connectivity index (χ1v) is 7.40. The second-order valence-electron chi connectivity index (χ2n) is 6.42. The molecule has 1 N–H and O–H groups in total. The maximum absolute atomic E-state index is 12.6. The molecule has 0 spiro atoms. The number of carbonyl (C=O) groups excluding carboxylic acids is 2. The SMILES string of the molecule is CCC(C)CN1C(=O)C(C(C)C)NC(=O)C1C(C)C. The van der Waals surface area contributed by atoms with Crippen LogP contribution in [0.2, 0.25) is 0 Å². The third-order valence-corrected chi connectivity index (χ3v) is 3.95. The van der Waals surface area contributed by atoms with E-state index in [-0.39, 0.29) is 35.7 Å². The van der Waals surface area contributed by atoms with Crippen LogP contribution < -0.4 is 5.32 Å². The van der Waals surface area contributed by atoms with Crippen LogP contribution in [-0.2, 0) is 9.59 Å². The molecular weight excluding hydrogens is 240 g/mol. The van der Waals surface area contributed by atoms with E-state index in [0.717, 1.165) is 6.42 Å². The lowest BCUT2D eigenvalue weighted by molar-refractivity contribution is -0.153.